The third kappa shape index (κ3) is 2.74. The molecule has 4 fully saturated rings. The molecule has 5 aliphatic rings. The maximum atomic E-state index is 12.6. The highest BCUT2D eigenvalue weighted by Gasteiger charge is 2.65. The second-order valence-corrected chi connectivity index (χ2v) is 11.4. The van der Waals surface area contributed by atoms with E-state index in [1.54, 1.807) is 0 Å². The van der Waals surface area contributed by atoms with Gasteiger partial charge in [-0.05, 0) is 76.0 Å². The summed E-state index contributed by atoms with van der Waals surface area (Å²) in [7, 11) is 0. The molecule has 0 radical (unpaired) electrons. The predicted octanol–water partition coefficient (Wildman–Crippen LogP) is 4.57. The first-order valence-corrected chi connectivity index (χ1v) is 11.5. The van der Waals surface area contributed by atoms with Crippen LogP contribution in [0.1, 0.15) is 73.1 Å². The maximum Gasteiger partial charge on any atom is 0.334 e. The van der Waals surface area contributed by atoms with Gasteiger partial charge in [0, 0.05) is 17.9 Å². The fourth-order valence-electron chi connectivity index (χ4n) is 7.86. The number of carbonyl (C=O) groups excluding carboxylic acids is 1. The normalized spacial score (nSPS) is 55.0. The molecular formula is C25H36O4. The van der Waals surface area contributed by atoms with Crippen molar-refractivity contribution in [3.8, 4) is 0 Å². The highest BCUT2D eigenvalue weighted by Crippen LogP contribution is 2.65. The number of hydrogen-bond donors (Lipinski definition) is 1. The van der Waals surface area contributed by atoms with E-state index in [0.717, 1.165) is 37.7 Å². The Morgan fingerprint density at radius 1 is 1.24 bits per heavy atom. The summed E-state index contributed by atoms with van der Waals surface area (Å²) < 4.78 is 12.5. The minimum atomic E-state index is -0.775. The van der Waals surface area contributed by atoms with Crippen molar-refractivity contribution in [2.24, 2.45) is 29.1 Å². The van der Waals surface area contributed by atoms with Crippen molar-refractivity contribution in [3.63, 3.8) is 0 Å². The van der Waals surface area contributed by atoms with Gasteiger partial charge in [0.2, 0.25) is 0 Å². The molecular weight excluding hydrogens is 364 g/mol. The van der Waals surface area contributed by atoms with Crippen molar-refractivity contribution < 1.29 is 19.4 Å². The number of rotatable bonds is 1. The van der Waals surface area contributed by atoms with Crippen molar-refractivity contribution in [2.45, 2.75) is 96.6 Å². The predicted molar refractivity (Wildman–Crippen MR) is 111 cm³/mol. The molecule has 2 saturated carbocycles. The highest BCUT2D eigenvalue weighted by molar-refractivity contribution is 5.92. The fraction of sp³-hybridized carbons (Fsp3) is 0.800. The Morgan fingerprint density at radius 2 is 2.00 bits per heavy atom. The number of hydrogen-bond acceptors (Lipinski definition) is 4. The Kier molecular flexibility index (Phi) is 4.23. The number of allylic oxidation sites excluding steroid dienone is 2. The molecule has 2 saturated heterocycles. The molecule has 0 amide bonds. The summed E-state index contributed by atoms with van der Waals surface area (Å²) >= 11 is 0. The quantitative estimate of drug-likeness (QED) is 0.518. The Morgan fingerprint density at radius 3 is 2.72 bits per heavy atom. The van der Waals surface area contributed by atoms with Crippen LogP contribution in [0, 0.1) is 29.1 Å². The van der Waals surface area contributed by atoms with Gasteiger partial charge in [0.25, 0.3) is 0 Å². The molecule has 29 heavy (non-hydrogen) atoms. The minimum Gasteiger partial charge on any atom is -0.458 e. The molecule has 0 bridgehead atoms. The van der Waals surface area contributed by atoms with E-state index >= 15 is 0 Å². The summed E-state index contributed by atoms with van der Waals surface area (Å²) in [6, 6.07) is 0. The summed E-state index contributed by atoms with van der Waals surface area (Å²) in [6.45, 7) is 11.0. The van der Waals surface area contributed by atoms with Crippen LogP contribution in [0.5, 0.6) is 0 Å². The van der Waals surface area contributed by atoms with E-state index in [0.29, 0.717) is 18.3 Å². The Labute approximate surface area is 174 Å². The lowest BCUT2D eigenvalue weighted by Crippen LogP contribution is -2.46. The number of aliphatic hydroxyl groups is 1. The largest absolute Gasteiger partial charge is 0.458 e. The van der Waals surface area contributed by atoms with Crippen LogP contribution in [0.25, 0.3) is 0 Å². The second kappa shape index (κ2) is 6.20. The van der Waals surface area contributed by atoms with Crippen LogP contribution in [-0.4, -0.2) is 34.5 Å². The van der Waals surface area contributed by atoms with Crippen molar-refractivity contribution >= 4 is 5.97 Å². The van der Waals surface area contributed by atoms with Crippen LogP contribution >= 0.6 is 0 Å². The summed E-state index contributed by atoms with van der Waals surface area (Å²) in [4.78, 5) is 12.6. The Bertz CT molecular complexity index is 791. The fourth-order valence-corrected chi connectivity index (χ4v) is 7.86. The zero-order valence-electron chi connectivity index (χ0n) is 18.5. The summed E-state index contributed by atoms with van der Waals surface area (Å²) in [6.07, 6.45) is 10.2. The topological polar surface area (TPSA) is 55.8 Å². The number of fused-ring (bicyclic) bond motifs is 2. The van der Waals surface area contributed by atoms with Gasteiger partial charge in [-0.25, -0.2) is 4.79 Å². The second-order valence-electron chi connectivity index (χ2n) is 11.4. The third-order valence-corrected chi connectivity index (χ3v) is 9.19. The first kappa shape index (κ1) is 19.8. The van der Waals surface area contributed by atoms with Gasteiger partial charge < -0.3 is 14.6 Å². The van der Waals surface area contributed by atoms with Crippen molar-refractivity contribution in [3.05, 3.63) is 23.3 Å². The van der Waals surface area contributed by atoms with Gasteiger partial charge in [-0.3, -0.25) is 0 Å². The van der Waals surface area contributed by atoms with Crippen LogP contribution in [0.2, 0.25) is 0 Å². The lowest BCUT2D eigenvalue weighted by Gasteiger charge is -2.45. The number of carbonyl (C=O) groups is 1. The van der Waals surface area contributed by atoms with Crippen LogP contribution < -0.4 is 0 Å². The molecule has 0 aromatic carbocycles. The third-order valence-electron chi connectivity index (χ3n) is 9.19. The van der Waals surface area contributed by atoms with Gasteiger partial charge in [0.15, 0.2) is 0 Å². The zero-order chi connectivity index (χ0) is 20.8. The van der Waals surface area contributed by atoms with E-state index in [4.69, 9.17) is 9.47 Å². The van der Waals surface area contributed by atoms with E-state index < -0.39 is 5.60 Å². The molecule has 1 spiro atoms. The monoisotopic (exact) mass is 400 g/mol. The van der Waals surface area contributed by atoms with Crippen LogP contribution in [0.4, 0.5) is 0 Å². The van der Waals surface area contributed by atoms with Gasteiger partial charge in [-0.15, -0.1) is 0 Å². The van der Waals surface area contributed by atoms with Crippen LogP contribution in [0.3, 0.4) is 0 Å². The standard InChI is InChI=1S/C25H36O4/c1-14(2)10-16-11-15(3)25(29-16)9-8-23(4)12-18-21-17(6-7-20(23)25)22(26)28-19(21)13-24(18,5)27/h6,10,15-16,18-21,27H,7-9,11-13H2,1-5H3/b17-6+/t15-,16-,18-,19?,20+,21+,23+,24+,25-/m0/s1. The van der Waals surface area contributed by atoms with E-state index in [9.17, 15) is 9.90 Å². The van der Waals surface area contributed by atoms with E-state index in [1.807, 2.05) is 6.92 Å². The summed E-state index contributed by atoms with van der Waals surface area (Å²) in [5.74, 6) is 0.859. The molecule has 160 valence electrons. The maximum absolute atomic E-state index is 12.6. The Balaban J connectivity index is 1.54. The van der Waals surface area contributed by atoms with Crippen molar-refractivity contribution in [1.82, 2.24) is 0 Å². The average molecular weight is 401 g/mol. The molecule has 0 aromatic rings. The number of esters is 1. The van der Waals surface area contributed by atoms with Crippen LogP contribution in [-0.2, 0) is 14.3 Å². The molecule has 2 heterocycles. The van der Waals surface area contributed by atoms with Crippen molar-refractivity contribution in [2.75, 3.05) is 0 Å². The van der Waals surface area contributed by atoms with Gasteiger partial charge in [-0.2, -0.15) is 0 Å². The van der Waals surface area contributed by atoms with Crippen molar-refractivity contribution in [1.29, 1.82) is 0 Å². The molecule has 9 atom stereocenters. The van der Waals surface area contributed by atoms with Gasteiger partial charge in [0.05, 0.1) is 17.3 Å². The van der Waals surface area contributed by atoms with Gasteiger partial charge >= 0.3 is 5.97 Å². The Hall–Kier alpha value is -1.13. The van der Waals surface area contributed by atoms with Gasteiger partial charge in [-0.1, -0.05) is 31.6 Å². The molecule has 3 aliphatic carbocycles. The molecule has 2 aliphatic heterocycles. The molecule has 4 heteroatoms. The molecule has 5 rings (SSSR count). The van der Waals surface area contributed by atoms with Gasteiger partial charge in [0.1, 0.15) is 6.10 Å². The SMILES string of the molecule is CC(C)=C[C@H]1C[C@H](C)[C@]2(CC[C@]3(C)C[C@H]4[C@H]5/C(=C\C[C@H]32)C(=O)OC5C[C@@]4(C)O)O1. The first-order valence-electron chi connectivity index (χ1n) is 11.5. The average Bonchev–Trinajstić information content (AvgIpc) is 3.21. The molecule has 0 aromatic heterocycles. The molecule has 1 N–H and O–H groups in total. The first-order chi connectivity index (χ1) is 13.6. The lowest BCUT2D eigenvalue weighted by atomic mass is 9.62. The van der Waals surface area contributed by atoms with Crippen LogP contribution in [0.15, 0.2) is 23.3 Å². The summed E-state index contributed by atoms with van der Waals surface area (Å²) in [5, 5.41) is 11.2. The zero-order valence-corrected chi connectivity index (χ0v) is 18.5. The molecule has 4 nitrogen and oxygen atoms in total. The highest BCUT2D eigenvalue weighted by atomic mass is 16.6. The molecule has 1 unspecified atom stereocenters. The smallest absolute Gasteiger partial charge is 0.334 e. The number of ether oxygens (including phenoxy) is 2. The summed E-state index contributed by atoms with van der Waals surface area (Å²) in [5.41, 5.74) is 1.35. The minimum absolute atomic E-state index is 0.0622. The van der Waals surface area contributed by atoms with E-state index in [-0.39, 0.29) is 41.0 Å². The van der Waals surface area contributed by atoms with E-state index in [1.165, 1.54) is 5.57 Å². The lowest BCUT2D eigenvalue weighted by molar-refractivity contribution is -0.140. The van der Waals surface area contributed by atoms with E-state index in [2.05, 4.69) is 39.8 Å².